The van der Waals surface area contributed by atoms with Gasteiger partial charge in [-0.25, -0.2) is 4.98 Å². The molecule has 3 heterocycles. The Morgan fingerprint density at radius 2 is 1.96 bits per heavy atom. The zero-order chi connectivity index (χ0) is 19.2. The van der Waals surface area contributed by atoms with Crippen LogP contribution >= 0.6 is 11.8 Å². The van der Waals surface area contributed by atoms with Crippen molar-refractivity contribution in [3.05, 3.63) is 59.5 Å². The molecule has 7 nitrogen and oxygen atoms in total. The van der Waals surface area contributed by atoms with Crippen LogP contribution in [-0.4, -0.2) is 22.1 Å². The minimum atomic E-state index is 0.0674. The van der Waals surface area contributed by atoms with Gasteiger partial charge in [0.25, 0.3) is 0 Å². The molecule has 0 aromatic carbocycles. The molecule has 0 bridgehead atoms. The number of anilines is 1. The Labute approximate surface area is 160 Å². The van der Waals surface area contributed by atoms with Crippen LogP contribution in [0.5, 0.6) is 5.75 Å². The number of rotatable bonds is 5. The van der Waals surface area contributed by atoms with E-state index in [0.717, 1.165) is 5.56 Å². The highest BCUT2D eigenvalue weighted by Crippen LogP contribution is 2.36. The molecule has 3 aromatic rings. The maximum absolute atomic E-state index is 9.75. The number of nitriles is 2. The predicted octanol–water partition coefficient (Wildman–Crippen LogP) is 3.17. The van der Waals surface area contributed by atoms with E-state index in [1.54, 1.807) is 24.5 Å². The zero-order valence-electron chi connectivity index (χ0n) is 14.4. The Morgan fingerprint density at radius 1 is 1.15 bits per heavy atom. The molecule has 8 heteroatoms. The summed E-state index contributed by atoms with van der Waals surface area (Å²) in [4.78, 5) is 12.7. The van der Waals surface area contributed by atoms with Crippen LogP contribution in [0.4, 0.5) is 5.82 Å². The molecule has 0 amide bonds. The monoisotopic (exact) mass is 374 g/mol. The normalized spacial score (nSPS) is 10.0. The van der Waals surface area contributed by atoms with Gasteiger partial charge in [0.2, 0.25) is 0 Å². The quantitative estimate of drug-likeness (QED) is 0.676. The lowest BCUT2D eigenvalue weighted by atomic mass is 10.0. The molecule has 0 aliphatic heterocycles. The van der Waals surface area contributed by atoms with Crippen molar-refractivity contribution in [3.63, 3.8) is 0 Å². The first-order valence-electron chi connectivity index (χ1n) is 7.83. The molecule has 0 aliphatic carbocycles. The fourth-order valence-electron chi connectivity index (χ4n) is 2.44. The number of nitrogens with zero attached hydrogens (tertiary/aromatic N) is 5. The summed E-state index contributed by atoms with van der Waals surface area (Å²) in [5.74, 6) is 1.21. The highest BCUT2D eigenvalue weighted by molar-refractivity contribution is 7.98. The lowest BCUT2D eigenvalue weighted by Crippen LogP contribution is -2.04. The summed E-state index contributed by atoms with van der Waals surface area (Å²) >= 11 is 1.36. The van der Waals surface area contributed by atoms with E-state index in [4.69, 9.17) is 10.5 Å². The number of hydrogen-bond donors (Lipinski definition) is 1. The Hall–Kier alpha value is -3.62. The topological polar surface area (TPSA) is 121 Å². The average molecular weight is 374 g/mol. The van der Waals surface area contributed by atoms with Gasteiger partial charge in [-0.2, -0.15) is 10.5 Å². The van der Waals surface area contributed by atoms with Gasteiger partial charge >= 0.3 is 0 Å². The van der Waals surface area contributed by atoms with E-state index in [1.165, 1.54) is 25.1 Å². The van der Waals surface area contributed by atoms with Crippen LogP contribution in [0.15, 0.2) is 47.9 Å². The van der Waals surface area contributed by atoms with E-state index in [-0.39, 0.29) is 16.9 Å². The van der Waals surface area contributed by atoms with Crippen LogP contribution in [0.1, 0.15) is 16.7 Å². The van der Waals surface area contributed by atoms with Gasteiger partial charge in [0.05, 0.1) is 24.6 Å². The van der Waals surface area contributed by atoms with Crippen molar-refractivity contribution >= 4 is 17.6 Å². The molecule has 0 saturated heterocycles. The molecule has 2 N–H and O–H groups in total. The van der Waals surface area contributed by atoms with Crippen molar-refractivity contribution in [3.8, 4) is 29.1 Å². The third kappa shape index (κ3) is 3.81. The van der Waals surface area contributed by atoms with Crippen LogP contribution < -0.4 is 10.5 Å². The summed E-state index contributed by atoms with van der Waals surface area (Å²) in [6.07, 6.45) is 4.97. The number of nitrogen functional groups attached to an aromatic ring is 1. The Kier molecular flexibility index (Phi) is 5.50. The Morgan fingerprint density at radius 3 is 2.56 bits per heavy atom. The molecule has 0 radical (unpaired) electrons. The van der Waals surface area contributed by atoms with Crippen molar-refractivity contribution in [1.82, 2.24) is 15.0 Å². The minimum absolute atomic E-state index is 0.0674. The Bertz CT molecular complexity index is 1040. The summed E-state index contributed by atoms with van der Waals surface area (Å²) in [6.45, 7) is 0. The van der Waals surface area contributed by atoms with E-state index in [0.29, 0.717) is 27.8 Å². The van der Waals surface area contributed by atoms with Crippen LogP contribution in [0.25, 0.3) is 11.3 Å². The summed E-state index contributed by atoms with van der Waals surface area (Å²) in [5, 5.41) is 19.7. The molecular formula is C19H14N6OS. The first kappa shape index (κ1) is 18.2. The van der Waals surface area contributed by atoms with E-state index in [1.807, 2.05) is 18.2 Å². The fourth-order valence-corrected chi connectivity index (χ4v) is 3.37. The molecule has 0 aliphatic rings. The standard InChI is InChI=1S/C19H14N6OS/c1-26-13-4-5-16(24-10-13)17-14(7-20)18(22)25-19(15(17)8-21)27-11-12-3-2-6-23-9-12/h2-6,9-10H,11H2,1H3,(H2,22,25). The smallest absolute Gasteiger partial charge is 0.143 e. The predicted molar refractivity (Wildman–Crippen MR) is 102 cm³/mol. The van der Waals surface area contributed by atoms with Gasteiger partial charge in [-0.3, -0.25) is 9.97 Å². The van der Waals surface area contributed by atoms with Gasteiger partial charge in [-0.05, 0) is 23.8 Å². The van der Waals surface area contributed by atoms with Crippen molar-refractivity contribution < 1.29 is 4.74 Å². The summed E-state index contributed by atoms with van der Waals surface area (Å²) in [6, 6.07) is 11.4. The van der Waals surface area contributed by atoms with Crippen LogP contribution in [0.3, 0.4) is 0 Å². The Balaban J connectivity index is 2.09. The highest BCUT2D eigenvalue weighted by Gasteiger charge is 2.21. The van der Waals surface area contributed by atoms with Crippen molar-refractivity contribution in [2.45, 2.75) is 10.8 Å². The third-order valence-corrected chi connectivity index (χ3v) is 4.79. The molecule has 0 saturated carbocycles. The molecule has 3 aromatic heterocycles. The number of ether oxygens (including phenoxy) is 1. The molecule has 0 spiro atoms. The number of nitrogens with two attached hydrogens (primary N) is 1. The van der Waals surface area contributed by atoms with Gasteiger partial charge in [-0.15, -0.1) is 11.8 Å². The van der Waals surface area contributed by atoms with Crippen molar-refractivity contribution in [2.24, 2.45) is 0 Å². The first-order valence-corrected chi connectivity index (χ1v) is 8.82. The number of pyridine rings is 3. The first-order chi connectivity index (χ1) is 13.2. The number of thioether (sulfide) groups is 1. The average Bonchev–Trinajstić information content (AvgIpc) is 2.72. The maximum atomic E-state index is 9.75. The van der Waals surface area contributed by atoms with E-state index >= 15 is 0 Å². The molecule has 132 valence electrons. The minimum Gasteiger partial charge on any atom is -0.495 e. The number of aromatic nitrogens is 3. The number of methoxy groups -OCH3 is 1. The second-order valence-corrected chi connectivity index (χ2v) is 6.35. The number of hydrogen-bond acceptors (Lipinski definition) is 8. The van der Waals surface area contributed by atoms with Crippen LogP contribution in [0, 0.1) is 22.7 Å². The van der Waals surface area contributed by atoms with Crippen LogP contribution in [0.2, 0.25) is 0 Å². The van der Waals surface area contributed by atoms with Gasteiger partial charge in [-0.1, -0.05) is 6.07 Å². The molecule has 0 atom stereocenters. The van der Waals surface area contributed by atoms with E-state index in [2.05, 4.69) is 21.0 Å². The SMILES string of the molecule is COc1ccc(-c2c(C#N)c(N)nc(SCc3cccnc3)c2C#N)nc1. The molecule has 3 rings (SSSR count). The van der Waals surface area contributed by atoms with E-state index < -0.39 is 0 Å². The lowest BCUT2D eigenvalue weighted by molar-refractivity contribution is 0.413. The van der Waals surface area contributed by atoms with Crippen molar-refractivity contribution in [2.75, 3.05) is 12.8 Å². The lowest BCUT2D eigenvalue weighted by Gasteiger charge is -2.12. The zero-order valence-corrected chi connectivity index (χ0v) is 15.2. The maximum Gasteiger partial charge on any atom is 0.143 e. The molecule has 27 heavy (non-hydrogen) atoms. The second kappa shape index (κ2) is 8.17. The van der Waals surface area contributed by atoms with Crippen molar-refractivity contribution in [1.29, 1.82) is 10.5 Å². The highest BCUT2D eigenvalue weighted by atomic mass is 32.2. The fraction of sp³-hybridized carbons (Fsp3) is 0.105. The van der Waals surface area contributed by atoms with Gasteiger partial charge < -0.3 is 10.5 Å². The van der Waals surface area contributed by atoms with Gasteiger partial charge in [0, 0.05) is 23.7 Å². The molecular weight excluding hydrogens is 360 g/mol. The summed E-state index contributed by atoms with van der Waals surface area (Å²) in [7, 11) is 1.54. The van der Waals surface area contributed by atoms with E-state index in [9.17, 15) is 10.5 Å². The third-order valence-electron chi connectivity index (χ3n) is 3.74. The van der Waals surface area contributed by atoms with Gasteiger partial charge in [0.15, 0.2) is 0 Å². The molecule has 0 fully saturated rings. The molecule has 0 unspecified atom stereocenters. The van der Waals surface area contributed by atoms with Gasteiger partial charge in [0.1, 0.15) is 34.3 Å². The largest absolute Gasteiger partial charge is 0.495 e. The second-order valence-electron chi connectivity index (χ2n) is 5.38. The summed E-state index contributed by atoms with van der Waals surface area (Å²) < 4.78 is 5.11. The summed E-state index contributed by atoms with van der Waals surface area (Å²) in [5.41, 5.74) is 8.23. The van der Waals surface area contributed by atoms with Crippen LogP contribution in [-0.2, 0) is 5.75 Å².